The number of morpholine rings is 1. The maximum Gasteiger partial charge on any atom is 0.226 e. The summed E-state index contributed by atoms with van der Waals surface area (Å²) in [6.07, 6.45) is 3.56. The predicted octanol–water partition coefficient (Wildman–Crippen LogP) is 2.19. The molecule has 1 aromatic carbocycles. The lowest BCUT2D eigenvalue weighted by Gasteiger charge is -2.23. The summed E-state index contributed by atoms with van der Waals surface area (Å²) in [5.74, 6) is 1.17. The van der Waals surface area contributed by atoms with Gasteiger partial charge in [-0.15, -0.1) is 0 Å². The van der Waals surface area contributed by atoms with Crippen molar-refractivity contribution in [3.8, 4) is 11.5 Å². The molecule has 1 aromatic heterocycles. The summed E-state index contributed by atoms with van der Waals surface area (Å²) in [5.41, 5.74) is 0.554. The molecule has 23 heavy (non-hydrogen) atoms. The number of anilines is 1. The van der Waals surface area contributed by atoms with Gasteiger partial charge in [0, 0.05) is 31.3 Å². The first-order valence-corrected chi connectivity index (χ1v) is 7.59. The molecule has 6 heteroatoms. The molecule has 6 nitrogen and oxygen atoms in total. The maximum atomic E-state index is 12.2. The lowest BCUT2D eigenvalue weighted by atomic mass is 10.2. The highest BCUT2D eigenvalue weighted by molar-refractivity contribution is 5.92. The predicted molar refractivity (Wildman–Crippen MR) is 86.6 cm³/mol. The fourth-order valence-electron chi connectivity index (χ4n) is 2.36. The van der Waals surface area contributed by atoms with Crippen LogP contribution in [0.3, 0.4) is 0 Å². The van der Waals surface area contributed by atoms with Gasteiger partial charge in [-0.1, -0.05) is 18.2 Å². The van der Waals surface area contributed by atoms with Crippen molar-refractivity contribution in [2.75, 3.05) is 25.1 Å². The molecule has 0 bridgehead atoms. The van der Waals surface area contributed by atoms with E-state index in [2.05, 4.69) is 15.6 Å². The molecule has 1 atom stereocenters. The molecule has 1 aliphatic heterocycles. The Morgan fingerprint density at radius 2 is 2.22 bits per heavy atom. The topological polar surface area (TPSA) is 72.5 Å². The van der Waals surface area contributed by atoms with Crippen LogP contribution in [-0.2, 0) is 9.53 Å². The zero-order chi connectivity index (χ0) is 15.9. The number of rotatable bonds is 5. The van der Waals surface area contributed by atoms with Crippen molar-refractivity contribution in [2.45, 2.75) is 12.5 Å². The number of ether oxygens (including phenoxy) is 2. The van der Waals surface area contributed by atoms with Crippen molar-refractivity contribution in [1.82, 2.24) is 10.3 Å². The molecule has 0 spiro atoms. The number of pyridine rings is 1. The lowest BCUT2D eigenvalue weighted by molar-refractivity contribution is -0.117. The molecule has 1 saturated heterocycles. The van der Waals surface area contributed by atoms with Crippen molar-refractivity contribution < 1.29 is 14.3 Å². The number of nitrogens with one attached hydrogen (secondary N) is 2. The van der Waals surface area contributed by atoms with Crippen LogP contribution in [-0.4, -0.2) is 36.7 Å². The number of amides is 1. The zero-order valence-electron chi connectivity index (χ0n) is 12.7. The third kappa shape index (κ3) is 4.51. The van der Waals surface area contributed by atoms with E-state index in [0.717, 1.165) is 6.54 Å². The minimum absolute atomic E-state index is 0.0407. The van der Waals surface area contributed by atoms with Gasteiger partial charge in [-0.25, -0.2) is 0 Å². The first-order chi connectivity index (χ1) is 11.3. The van der Waals surface area contributed by atoms with Gasteiger partial charge in [-0.05, 0) is 12.1 Å². The highest BCUT2D eigenvalue weighted by Gasteiger charge is 2.18. The van der Waals surface area contributed by atoms with E-state index in [9.17, 15) is 4.79 Å². The average Bonchev–Trinajstić information content (AvgIpc) is 2.58. The van der Waals surface area contributed by atoms with Crippen molar-refractivity contribution >= 4 is 11.6 Å². The highest BCUT2D eigenvalue weighted by Crippen LogP contribution is 2.28. The Balaban J connectivity index is 1.64. The fraction of sp³-hybridized carbons (Fsp3) is 0.294. The smallest absolute Gasteiger partial charge is 0.226 e. The Hall–Kier alpha value is -2.44. The van der Waals surface area contributed by atoms with E-state index in [1.165, 1.54) is 0 Å². The second-order valence-corrected chi connectivity index (χ2v) is 5.27. The number of hydrogen-bond donors (Lipinski definition) is 2. The summed E-state index contributed by atoms with van der Waals surface area (Å²) in [5, 5.41) is 6.11. The highest BCUT2D eigenvalue weighted by atomic mass is 16.5. The summed E-state index contributed by atoms with van der Waals surface area (Å²) >= 11 is 0. The van der Waals surface area contributed by atoms with Gasteiger partial charge in [0.25, 0.3) is 0 Å². The lowest BCUT2D eigenvalue weighted by Crippen LogP contribution is -2.43. The molecule has 2 N–H and O–H groups in total. The molecular weight excluding hydrogens is 294 g/mol. The Kier molecular flexibility index (Phi) is 5.18. The molecule has 120 valence electrons. The van der Waals surface area contributed by atoms with Crippen LogP contribution < -0.4 is 15.4 Å². The van der Waals surface area contributed by atoms with Crippen molar-refractivity contribution in [3.05, 3.63) is 48.8 Å². The maximum absolute atomic E-state index is 12.2. The van der Waals surface area contributed by atoms with Crippen LogP contribution in [0, 0.1) is 0 Å². The summed E-state index contributed by atoms with van der Waals surface area (Å²) < 4.78 is 11.2. The van der Waals surface area contributed by atoms with Gasteiger partial charge in [0.2, 0.25) is 5.91 Å². The van der Waals surface area contributed by atoms with Gasteiger partial charge >= 0.3 is 0 Å². The minimum Gasteiger partial charge on any atom is -0.455 e. The SMILES string of the molecule is O=C(CC1COCCN1)Nc1cnccc1Oc1ccccc1. The third-order valence-corrected chi connectivity index (χ3v) is 3.46. The fourth-order valence-corrected chi connectivity index (χ4v) is 2.36. The quantitative estimate of drug-likeness (QED) is 0.885. The van der Waals surface area contributed by atoms with Gasteiger partial charge < -0.3 is 20.1 Å². The second kappa shape index (κ2) is 7.71. The summed E-state index contributed by atoms with van der Waals surface area (Å²) in [6.45, 7) is 2.01. The van der Waals surface area contributed by atoms with E-state index in [-0.39, 0.29) is 11.9 Å². The van der Waals surface area contributed by atoms with E-state index in [4.69, 9.17) is 9.47 Å². The Morgan fingerprint density at radius 3 is 3.00 bits per heavy atom. The molecule has 1 amide bonds. The van der Waals surface area contributed by atoms with E-state index in [1.807, 2.05) is 30.3 Å². The molecule has 2 heterocycles. The first kappa shape index (κ1) is 15.5. The number of aromatic nitrogens is 1. The Labute approximate surface area is 134 Å². The van der Waals surface area contributed by atoms with E-state index < -0.39 is 0 Å². The first-order valence-electron chi connectivity index (χ1n) is 7.59. The van der Waals surface area contributed by atoms with Crippen LogP contribution in [0.1, 0.15) is 6.42 Å². The number of hydrogen-bond acceptors (Lipinski definition) is 5. The monoisotopic (exact) mass is 313 g/mol. The van der Waals surface area contributed by atoms with Gasteiger partial charge in [-0.2, -0.15) is 0 Å². The van der Waals surface area contributed by atoms with Crippen LogP contribution >= 0.6 is 0 Å². The van der Waals surface area contributed by atoms with Gasteiger partial charge in [0.05, 0.1) is 19.4 Å². The summed E-state index contributed by atoms with van der Waals surface area (Å²) in [6, 6.07) is 11.2. The van der Waals surface area contributed by atoms with E-state index >= 15 is 0 Å². The Bertz CT molecular complexity index is 643. The molecule has 1 fully saturated rings. The standard InChI is InChI=1S/C17H19N3O3/c21-17(10-13-12-22-9-8-19-13)20-15-11-18-7-6-16(15)23-14-4-2-1-3-5-14/h1-7,11,13,19H,8-10,12H2,(H,20,21). The van der Waals surface area contributed by atoms with Crippen LogP contribution in [0.4, 0.5) is 5.69 Å². The van der Waals surface area contributed by atoms with E-state index in [1.54, 1.807) is 18.5 Å². The van der Waals surface area contributed by atoms with Crippen LogP contribution in [0.2, 0.25) is 0 Å². The van der Waals surface area contributed by atoms with Gasteiger partial charge in [-0.3, -0.25) is 9.78 Å². The number of carbonyl (C=O) groups is 1. The second-order valence-electron chi connectivity index (χ2n) is 5.27. The molecule has 0 radical (unpaired) electrons. The number of benzene rings is 1. The molecule has 0 aliphatic carbocycles. The van der Waals surface area contributed by atoms with E-state index in [0.29, 0.717) is 36.8 Å². The van der Waals surface area contributed by atoms with Crippen molar-refractivity contribution in [3.63, 3.8) is 0 Å². The van der Waals surface area contributed by atoms with Crippen LogP contribution in [0.15, 0.2) is 48.8 Å². The molecular formula is C17H19N3O3. The summed E-state index contributed by atoms with van der Waals surface area (Å²) in [4.78, 5) is 16.2. The number of carbonyl (C=O) groups excluding carboxylic acids is 1. The third-order valence-electron chi connectivity index (χ3n) is 3.46. The normalized spacial score (nSPS) is 17.5. The molecule has 2 aromatic rings. The minimum atomic E-state index is -0.0982. The molecule has 1 aliphatic rings. The van der Waals surface area contributed by atoms with Crippen LogP contribution in [0.5, 0.6) is 11.5 Å². The summed E-state index contributed by atoms with van der Waals surface area (Å²) in [7, 11) is 0. The van der Waals surface area contributed by atoms with Crippen LogP contribution in [0.25, 0.3) is 0 Å². The van der Waals surface area contributed by atoms with Crippen molar-refractivity contribution in [2.24, 2.45) is 0 Å². The van der Waals surface area contributed by atoms with Gasteiger partial charge in [0.1, 0.15) is 11.4 Å². The molecule has 1 unspecified atom stereocenters. The average molecular weight is 313 g/mol. The largest absolute Gasteiger partial charge is 0.455 e. The Morgan fingerprint density at radius 1 is 1.35 bits per heavy atom. The number of nitrogens with zero attached hydrogens (tertiary/aromatic N) is 1. The molecule has 0 saturated carbocycles. The van der Waals surface area contributed by atoms with Crippen molar-refractivity contribution in [1.29, 1.82) is 0 Å². The van der Waals surface area contributed by atoms with Gasteiger partial charge in [0.15, 0.2) is 5.75 Å². The zero-order valence-corrected chi connectivity index (χ0v) is 12.7. The number of para-hydroxylation sites is 1. The molecule has 3 rings (SSSR count).